The van der Waals surface area contributed by atoms with Crippen LogP contribution in [0.25, 0.3) is 0 Å². The third-order valence-corrected chi connectivity index (χ3v) is 1.89. The largest absolute Gasteiger partial charge is 0.508 e. The summed E-state index contributed by atoms with van der Waals surface area (Å²) in [4.78, 5) is 10.5. The van der Waals surface area contributed by atoms with E-state index in [0.29, 0.717) is 11.3 Å². The highest BCUT2D eigenvalue weighted by Crippen LogP contribution is 2.19. The summed E-state index contributed by atoms with van der Waals surface area (Å²) in [6.45, 7) is 0. The van der Waals surface area contributed by atoms with Crippen LogP contribution in [-0.4, -0.2) is 22.2 Å². The molecule has 0 amide bonds. The summed E-state index contributed by atoms with van der Waals surface area (Å²) in [6, 6.07) is 3.40. The van der Waals surface area contributed by atoms with Crippen molar-refractivity contribution < 1.29 is 15.0 Å². The lowest BCUT2D eigenvalue weighted by molar-refractivity contribution is -0.138. The molecule has 1 unspecified atom stereocenters. The molecule has 0 saturated heterocycles. The fourth-order valence-corrected chi connectivity index (χ4v) is 1.09. The number of carboxylic acids is 1. The fraction of sp³-hybridized carbons (Fsp3) is 0.222. The Morgan fingerprint density at radius 1 is 1.50 bits per heavy atom. The number of phenols is 1. The smallest absolute Gasteiger partial charge is 0.320 e. The maximum Gasteiger partial charge on any atom is 0.320 e. The first-order valence-corrected chi connectivity index (χ1v) is 4.06. The number of hydrogen-bond donors (Lipinski definition) is 4. The Labute approximate surface area is 81.0 Å². The van der Waals surface area contributed by atoms with Crippen molar-refractivity contribution in [2.24, 2.45) is 5.73 Å². The number of hydrogen-bond acceptors (Lipinski definition) is 4. The van der Waals surface area contributed by atoms with E-state index in [1.807, 2.05) is 0 Å². The molecular formula is C9H12N2O3. The number of carbonyl (C=O) groups is 1. The van der Waals surface area contributed by atoms with Crippen LogP contribution in [0.1, 0.15) is 5.56 Å². The Hall–Kier alpha value is -1.75. The van der Waals surface area contributed by atoms with Crippen LogP contribution >= 0.6 is 0 Å². The molecule has 0 heterocycles. The van der Waals surface area contributed by atoms with Crippen molar-refractivity contribution in [3.8, 4) is 5.75 Å². The SMILES string of the molecule is Nc1cc(O)ccc1CC(N)C(=O)O. The highest BCUT2D eigenvalue weighted by molar-refractivity contribution is 5.74. The van der Waals surface area contributed by atoms with E-state index in [4.69, 9.17) is 21.7 Å². The monoisotopic (exact) mass is 196 g/mol. The molecule has 0 aliphatic rings. The van der Waals surface area contributed by atoms with Crippen LogP contribution in [-0.2, 0) is 11.2 Å². The van der Waals surface area contributed by atoms with Crippen LogP contribution in [0.2, 0.25) is 0 Å². The molecule has 14 heavy (non-hydrogen) atoms. The molecule has 0 aliphatic carbocycles. The maximum atomic E-state index is 10.5. The number of nitrogens with two attached hydrogens (primary N) is 2. The molecule has 0 spiro atoms. The van der Waals surface area contributed by atoms with E-state index < -0.39 is 12.0 Å². The van der Waals surface area contributed by atoms with Crippen molar-refractivity contribution in [2.45, 2.75) is 12.5 Å². The maximum absolute atomic E-state index is 10.5. The van der Waals surface area contributed by atoms with Gasteiger partial charge in [-0.3, -0.25) is 4.79 Å². The average molecular weight is 196 g/mol. The topological polar surface area (TPSA) is 110 Å². The molecule has 1 aromatic rings. The molecule has 76 valence electrons. The Morgan fingerprint density at radius 2 is 2.14 bits per heavy atom. The Kier molecular flexibility index (Phi) is 2.93. The zero-order valence-corrected chi connectivity index (χ0v) is 7.47. The molecular weight excluding hydrogens is 184 g/mol. The van der Waals surface area contributed by atoms with E-state index in [1.54, 1.807) is 6.07 Å². The van der Waals surface area contributed by atoms with E-state index >= 15 is 0 Å². The molecule has 1 rings (SSSR count). The van der Waals surface area contributed by atoms with Gasteiger partial charge in [-0.2, -0.15) is 0 Å². The molecule has 0 aliphatic heterocycles. The lowest BCUT2D eigenvalue weighted by Crippen LogP contribution is -2.32. The zero-order chi connectivity index (χ0) is 10.7. The number of aliphatic carboxylic acids is 1. The molecule has 6 N–H and O–H groups in total. The minimum atomic E-state index is -1.07. The molecule has 0 fully saturated rings. The fourth-order valence-electron chi connectivity index (χ4n) is 1.09. The summed E-state index contributed by atoms with van der Waals surface area (Å²) < 4.78 is 0. The molecule has 0 aromatic heterocycles. The van der Waals surface area contributed by atoms with Gasteiger partial charge in [-0.05, 0) is 11.6 Å². The summed E-state index contributed by atoms with van der Waals surface area (Å²) in [6.07, 6.45) is 0.154. The van der Waals surface area contributed by atoms with Crippen molar-refractivity contribution in [3.63, 3.8) is 0 Å². The lowest BCUT2D eigenvalue weighted by atomic mass is 10.0. The predicted octanol–water partition coefficient (Wildman–Crippen LogP) is -0.0712. The molecule has 0 radical (unpaired) electrons. The van der Waals surface area contributed by atoms with Crippen LogP contribution in [0, 0.1) is 0 Å². The third kappa shape index (κ3) is 2.37. The van der Waals surface area contributed by atoms with Crippen LogP contribution in [0.3, 0.4) is 0 Å². The summed E-state index contributed by atoms with van der Waals surface area (Å²) in [5.74, 6) is -1.02. The van der Waals surface area contributed by atoms with Crippen LogP contribution in [0.5, 0.6) is 5.75 Å². The standard InChI is InChI=1S/C9H12N2O3/c10-7-4-6(12)2-1-5(7)3-8(11)9(13)14/h1-2,4,8,12H,3,10-11H2,(H,13,14). The summed E-state index contributed by atoms with van der Waals surface area (Å²) in [5.41, 5.74) is 11.9. The Balaban J connectivity index is 2.82. The van der Waals surface area contributed by atoms with Crippen molar-refractivity contribution in [1.82, 2.24) is 0 Å². The van der Waals surface area contributed by atoms with Crippen LogP contribution in [0.15, 0.2) is 18.2 Å². The van der Waals surface area contributed by atoms with Crippen molar-refractivity contribution in [3.05, 3.63) is 23.8 Å². The predicted molar refractivity (Wildman–Crippen MR) is 51.8 cm³/mol. The van der Waals surface area contributed by atoms with Gasteiger partial charge in [-0.25, -0.2) is 0 Å². The van der Waals surface area contributed by atoms with Gasteiger partial charge in [0.05, 0.1) is 0 Å². The number of rotatable bonds is 3. The molecule has 5 heteroatoms. The first-order chi connectivity index (χ1) is 6.50. The number of benzene rings is 1. The number of carboxylic acid groups (broad SMARTS) is 1. The average Bonchev–Trinajstić information content (AvgIpc) is 2.09. The third-order valence-electron chi connectivity index (χ3n) is 1.89. The molecule has 0 saturated carbocycles. The van der Waals surface area contributed by atoms with E-state index in [2.05, 4.69) is 0 Å². The zero-order valence-electron chi connectivity index (χ0n) is 7.47. The van der Waals surface area contributed by atoms with Gasteiger partial charge >= 0.3 is 5.97 Å². The molecule has 1 aromatic carbocycles. The van der Waals surface area contributed by atoms with E-state index in [1.165, 1.54) is 12.1 Å². The number of phenolic OH excluding ortho intramolecular Hbond substituents is 1. The minimum absolute atomic E-state index is 0.0511. The van der Waals surface area contributed by atoms with Crippen molar-refractivity contribution in [2.75, 3.05) is 5.73 Å². The Morgan fingerprint density at radius 3 is 2.64 bits per heavy atom. The highest BCUT2D eigenvalue weighted by Gasteiger charge is 2.13. The Bertz CT molecular complexity index is 352. The first-order valence-electron chi connectivity index (χ1n) is 4.06. The summed E-state index contributed by atoms with van der Waals surface area (Å²) >= 11 is 0. The number of nitrogen functional groups attached to an aromatic ring is 1. The number of anilines is 1. The van der Waals surface area contributed by atoms with Gasteiger partial charge in [0.15, 0.2) is 0 Å². The second kappa shape index (κ2) is 3.97. The second-order valence-corrected chi connectivity index (χ2v) is 3.03. The minimum Gasteiger partial charge on any atom is -0.508 e. The van der Waals surface area contributed by atoms with Gasteiger partial charge in [0.2, 0.25) is 0 Å². The van der Waals surface area contributed by atoms with Gasteiger partial charge in [-0.1, -0.05) is 6.07 Å². The van der Waals surface area contributed by atoms with Gasteiger partial charge in [0.25, 0.3) is 0 Å². The summed E-state index contributed by atoms with van der Waals surface area (Å²) in [5, 5.41) is 17.6. The van der Waals surface area contributed by atoms with Gasteiger partial charge in [0.1, 0.15) is 11.8 Å². The molecule has 5 nitrogen and oxygen atoms in total. The van der Waals surface area contributed by atoms with E-state index in [9.17, 15) is 4.79 Å². The van der Waals surface area contributed by atoms with Crippen LogP contribution < -0.4 is 11.5 Å². The number of aromatic hydroxyl groups is 1. The van der Waals surface area contributed by atoms with Gasteiger partial charge in [0, 0.05) is 18.2 Å². The molecule has 0 bridgehead atoms. The first kappa shape index (κ1) is 10.3. The molecule has 1 atom stereocenters. The van der Waals surface area contributed by atoms with Crippen molar-refractivity contribution in [1.29, 1.82) is 0 Å². The van der Waals surface area contributed by atoms with Crippen LogP contribution in [0.4, 0.5) is 5.69 Å². The highest BCUT2D eigenvalue weighted by atomic mass is 16.4. The van der Waals surface area contributed by atoms with Gasteiger partial charge < -0.3 is 21.7 Å². The second-order valence-electron chi connectivity index (χ2n) is 3.03. The lowest BCUT2D eigenvalue weighted by Gasteiger charge is -2.09. The normalized spacial score (nSPS) is 12.4. The van der Waals surface area contributed by atoms with Gasteiger partial charge in [-0.15, -0.1) is 0 Å². The quantitative estimate of drug-likeness (QED) is 0.506. The van der Waals surface area contributed by atoms with Crippen molar-refractivity contribution >= 4 is 11.7 Å². The van der Waals surface area contributed by atoms with E-state index in [-0.39, 0.29) is 12.2 Å². The summed E-state index contributed by atoms with van der Waals surface area (Å²) in [7, 11) is 0. The van der Waals surface area contributed by atoms with E-state index in [0.717, 1.165) is 0 Å².